The van der Waals surface area contributed by atoms with Crippen LogP contribution in [0.15, 0.2) is 11.1 Å². The molecule has 0 N–H and O–H groups in total. The van der Waals surface area contributed by atoms with Crippen molar-refractivity contribution in [3.63, 3.8) is 0 Å². The molecule has 0 aliphatic carbocycles. The maximum Gasteiger partial charge on any atom is 0.425 e. The Morgan fingerprint density at radius 3 is 2.15 bits per heavy atom. The summed E-state index contributed by atoms with van der Waals surface area (Å²) in [6.07, 6.45) is -9.42. The Morgan fingerprint density at radius 1 is 1.35 bits per heavy atom. The summed E-state index contributed by atoms with van der Waals surface area (Å²) in [5.41, 5.74) is -6.48. The maximum absolute atomic E-state index is 12.7. The van der Waals surface area contributed by atoms with E-state index in [4.69, 9.17) is 10.7 Å². The number of rotatable bonds is 3. The molecule has 0 bridgehead atoms. The molecular weight excluding hydrogens is 339 g/mol. The van der Waals surface area contributed by atoms with Crippen LogP contribution < -0.4 is 0 Å². The maximum atomic E-state index is 12.7. The van der Waals surface area contributed by atoms with Gasteiger partial charge in [0, 0.05) is 10.7 Å². The van der Waals surface area contributed by atoms with Gasteiger partial charge in [-0.05, 0) is 0 Å². The molecule has 0 radical (unpaired) electrons. The second-order valence-corrected chi connectivity index (χ2v) is 5.76. The van der Waals surface area contributed by atoms with Crippen molar-refractivity contribution in [2.45, 2.75) is 17.5 Å². The molecule has 0 aliphatic heterocycles. The van der Waals surface area contributed by atoms with Crippen LogP contribution in [0.1, 0.15) is 17.7 Å². The summed E-state index contributed by atoms with van der Waals surface area (Å²) in [6.45, 7) is 0. The van der Waals surface area contributed by atoms with Crippen molar-refractivity contribution in [1.29, 1.82) is 0 Å². The average molecular weight is 341 g/mol. The lowest BCUT2D eigenvalue weighted by molar-refractivity contribution is -0.391. The van der Waals surface area contributed by atoms with Crippen LogP contribution in [-0.2, 0) is 15.2 Å². The standard InChI is InChI=1S/C7H2ClF5N2O4S/c8-20(18,19)2-1-14-4(6(9)10)3(7(11,12)13)5(2)15(16)17/h1,6H. The molecule has 1 rings (SSSR count). The van der Waals surface area contributed by atoms with Crippen molar-refractivity contribution in [1.82, 2.24) is 4.98 Å². The Bertz CT molecular complexity index is 660. The predicted molar refractivity (Wildman–Crippen MR) is 53.9 cm³/mol. The first-order valence-corrected chi connectivity index (χ1v) is 6.65. The number of nitrogens with zero attached hydrogens (tertiary/aromatic N) is 2. The molecule has 0 spiro atoms. The van der Waals surface area contributed by atoms with Crippen molar-refractivity contribution >= 4 is 25.4 Å². The van der Waals surface area contributed by atoms with Crippen molar-refractivity contribution < 1.29 is 35.3 Å². The highest BCUT2D eigenvalue weighted by molar-refractivity contribution is 8.13. The zero-order chi connectivity index (χ0) is 15.9. The Hall–Kier alpha value is -1.56. The topological polar surface area (TPSA) is 90.2 Å². The first-order valence-electron chi connectivity index (χ1n) is 4.34. The van der Waals surface area contributed by atoms with E-state index in [0.29, 0.717) is 0 Å². The Kier molecular flexibility index (Phi) is 4.20. The quantitative estimate of drug-likeness (QED) is 0.365. The normalized spacial score (nSPS) is 12.8. The van der Waals surface area contributed by atoms with Crippen LogP contribution in [-0.4, -0.2) is 18.3 Å². The van der Waals surface area contributed by atoms with Crippen molar-refractivity contribution in [2.24, 2.45) is 0 Å². The third-order valence-corrected chi connectivity index (χ3v) is 3.31. The minimum Gasteiger partial charge on any atom is -0.258 e. The highest BCUT2D eigenvalue weighted by Crippen LogP contribution is 2.44. The van der Waals surface area contributed by atoms with Crippen LogP contribution in [0.5, 0.6) is 0 Å². The van der Waals surface area contributed by atoms with Gasteiger partial charge in [0.15, 0.2) is 10.5 Å². The molecule has 0 aromatic carbocycles. The van der Waals surface area contributed by atoms with Gasteiger partial charge >= 0.3 is 11.9 Å². The van der Waals surface area contributed by atoms with Crippen LogP contribution in [0, 0.1) is 10.1 Å². The van der Waals surface area contributed by atoms with E-state index in [9.17, 15) is 40.5 Å². The predicted octanol–water partition coefficient (Wildman–Crippen LogP) is 2.87. The zero-order valence-corrected chi connectivity index (χ0v) is 10.4. The van der Waals surface area contributed by atoms with Gasteiger partial charge in [0.2, 0.25) is 0 Å². The Morgan fingerprint density at radius 2 is 1.85 bits per heavy atom. The summed E-state index contributed by atoms with van der Waals surface area (Å²) < 4.78 is 84.9. The molecule has 0 atom stereocenters. The smallest absolute Gasteiger partial charge is 0.258 e. The number of aromatic nitrogens is 1. The van der Waals surface area contributed by atoms with Gasteiger partial charge < -0.3 is 0 Å². The van der Waals surface area contributed by atoms with Gasteiger partial charge in [0.05, 0.1) is 11.1 Å². The summed E-state index contributed by atoms with van der Waals surface area (Å²) >= 11 is 0. The highest BCUT2D eigenvalue weighted by Gasteiger charge is 2.47. The van der Waals surface area contributed by atoms with Gasteiger partial charge in [0.25, 0.3) is 15.5 Å². The number of alkyl halides is 5. The van der Waals surface area contributed by atoms with Gasteiger partial charge in [-0.1, -0.05) is 0 Å². The average Bonchev–Trinajstić information content (AvgIpc) is 2.24. The number of nitro groups is 1. The van der Waals surface area contributed by atoms with E-state index in [0.717, 1.165) is 0 Å². The molecule has 0 saturated carbocycles. The van der Waals surface area contributed by atoms with Gasteiger partial charge in [-0.25, -0.2) is 17.2 Å². The Balaban J connectivity index is 3.96. The van der Waals surface area contributed by atoms with E-state index in [-0.39, 0.29) is 6.20 Å². The fourth-order valence-corrected chi connectivity index (χ4v) is 2.23. The molecule has 0 aliphatic rings. The SMILES string of the molecule is O=[N+]([O-])c1c(S(=O)(=O)Cl)cnc(C(F)F)c1C(F)(F)F. The molecule has 6 nitrogen and oxygen atoms in total. The number of pyridine rings is 1. The van der Waals surface area contributed by atoms with E-state index in [2.05, 4.69) is 4.98 Å². The van der Waals surface area contributed by atoms with Gasteiger partial charge in [-0.15, -0.1) is 0 Å². The highest BCUT2D eigenvalue weighted by atomic mass is 35.7. The van der Waals surface area contributed by atoms with Crippen LogP contribution in [0.25, 0.3) is 0 Å². The van der Waals surface area contributed by atoms with E-state index >= 15 is 0 Å². The molecule has 1 aromatic rings. The largest absolute Gasteiger partial charge is 0.425 e. The molecule has 0 unspecified atom stereocenters. The lowest BCUT2D eigenvalue weighted by Crippen LogP contribution is -2.17. The van der Waals surface area contributed by atoms with Crippen LogP contribution in [0.3, 0.4) is 0 Å². The number of hydrogen-bond acceptors (Lipinski definition) is 5. The van der Waals surface area contributed by atoms with Crippen molar-refractivity contribution in [2.75, 3.05) is 0 Å². The van der Waals surface area contributed by atoms with Crippen LogP contribution >= 0.6 is 10.7 Å². The summed E-state index contributed by atoms with van der Waals surface area (Å²) in [4.78, 5) is 9.87. The molecule has 112 valence electrons. The van der Waals surface area contributed by atoms with E-state index < -0.39 is 48.4 Å². The van der Waals surface area contributed by atoms with Crippen molar-refractivity contribution in [3.8, 4) is 0 Å². The monoisotopic (exact) mass is 340 g/mol. The molecule has 1 aromatic heterocycles. The fraction of sp³-hybridized carbons (Fsp3) is 0.286. The number of halogens is 6. The third-order valence-electron chi connectivity index (χ3n) is 1.98. The lowest BCUT2D eigenvalue weighted by atomic mass is 10.1. The summed E-state index contributed by atoms with van der Waals surface area (Å²) in [5, 5.41) is 10.6. The van der Waals surface area contributed by atoms with Crippen molar-refractivity contribution in [3.05, 3.63) is 27.6 Å². The van der Waals surface area contributed by atoms with E-state index in [1.165, 1.54) is 0 Å². The summed E-state index contributed by atoms with van der Waals surface area (Å²) in [6, 6.07) is 0. The van der Waals surface area contributed by atoms with E-state index in [1.807, 2.05) is 0 Å². The molecule has 1 heterocycles. The zero-order valence-electron chi connectivity index (χ0n) is 8.86. The summed E-state index contributed by atoms with van der Waals surface area (Å²) in [7, 11) is -0.246. The molecule has 0 amide bonds. The molecular formula is C7H2ClF5N2O4S. The Labute approximate surface area is 111 Å². The molecule has 20 heavy (non-hydrogen) atoms. The van der Waals surface area contributed by atoms with Crippen LogP contribution in [0.2, 0.25) is 0 Å². The minimum atomic E-state index is -5.61. The van der Waals surface area contributed by atoms with Gasteiger partial charge in [-0.3, -0.25) is 15.1 Å². The summed E-state index contributed by atoms with van der Waals surface area (Å²) in [5.74, 6) is 0. The second-order valence-electron chi connectivity index (χ2n) is 3.22. The number of hydrogen-bond donors (Lipinski definition) is 0. The van der Waals surface area contributed by atoms with Crippen LogP contribution in [0.4, 0.5) is 27.6 Å². The minimum absolute atomic E-state index is 0.0167. The van der Waals surface area contributed by atoms with Gasteiger partial charge in [0.1, 0.15) is 5.69 Å². The molecule has 0 fully saturated rings. The molecule has 13 heteroatoms. The lowest BCUT2D eigenvalue weighted by Gasteiger charge is -2.13. The first kappa shape index (κ1) is 16.5. The van der Waals surface area contributed by atoms with E-state index in [1.54, 1.807) is 0 Å². The fourth-order valence-electron chi connectivity index (χ4n) is 1.30. The van der Waals surface area contributed by atoms with Gasteiger partial charge in [-0.2, -0.15) is 13.2 Å². The third kappa shape index (κ3) is 3.12. The first-order chi connectivity index (χ1) is 8.87. The second kappa shape index (κ2) is 5.09. The molecule has 0 saturated heterocycles.